The van der Waals surface area contributed by atoms with Crippen molar-refractivity contribution in [2.24, 2.45) is 5.73 Å². The van der Waals surface area contributed by atoms with Crippen LogP contribution in [0.3, 0.4) is 0 Å². The van der Waals surface area contributed by atoms with Crippen LogP contribution in [0.15, 0.2) is 64.0 Å². The Labute approximate surface area is 127 Å². The molecule has 3 nitrogen and oxygen atoms in total. The van der Waals surface area contributed by atoms with E-state index in [1.54, 1.807) is 31.2 Å². The molecule has 0 aliphatic rings. The van der Waals surface area contributed by atoms with E-state index in [1.807, 2.05) is 30.3 Å². The molecule has 0 heterocycles. The fourth-order valence-corrected chi connectivity index (χ4v) is 4.53. The van der Waals surface area contributed by atoms with Gasteiger partial charge in [-0.2, -0.15) is 0 Å². The summed E-state index contributed by atoms with van der Waals surface area (Å²) in [6.45, 7) is 1.65. The van der Waals surface area contributed by atoms with Crippen molar-refractivity contribution in [2.75, 3.05) is 0 Å². The summed E-state index contributed by atoms with van der Waals surface area (Å²) in [5, 5.41) is -0.705. The van der Waals surface area contributed by atoms with Gasteiger partial charge >= 0.3 is 0 Å². The number of sulfone groups is 1. The first-order valence-electron chi connectivity index (χ1n) is 6.23. The van der Waals surface area contributed by atoms with Crippen molar-refractivity contribution >= 4 is 25.8 Å². The number of halogens is 1. The lowest BCUT2D eigenvalue weighted by atomic mass is 10.1. The molecule has 2 unspecified atom stereocenters. The third kappa shape index (κ3) is 2.95. The predicted molar refractivity (Wildman–Crippen MR) is 84.2 cm³/mol. The van der Waals surface area contributed by atoms with Crippen molar-refractivity contribution in [2.45, 2.75) is 23.1 Å². The minimum Gasteiger partial charge on any atom is -0.323 e. The first-order valence-corrected chi connectivity index (χ1v) is 8.57. The molecule has 2 N–H and O–H groups in total. The number of hydrogen-bond acceptors (Lipinski definition) is 3. The molecule has 0 amide bonds. The van der Waals surface area contributed by atoms with Gasteiger partial charge in [0.1, 0.15) is 0 Å². The molecule has 2 aromatic rings. The van der Waals surface area contributed by atoms with E-state index < -0.39 is 21.1 Å². The summed E-state index contributed by atoms with van der Waals surface area (Å²) in [4.78, 5) is 0.277. The van der Waals surface area contributed by atoms with Crippen LogP contribution in [0.4, 0.5) is 0 Å². The number of benzene rings is 2. The maximum absolute atomic E-state index is 12.7. The van der Waals surface area contributed by atoms with E-state index in [0.717, 1.165) is 5.56 Å². The number of hydrogen-bond donors (Lipinski definition) is 1. The van der Waals surface area contributed by atoms with Gasteiger partial charge in [0.15, 0.2) is 9.84 Å². The Bertz CT molecular complexity index is 686. The Hall–Kier alpha value is -1.17. The molecule has 0 spiro atoms. The highest BCUT2D eigenvalue weighted by atomic mass is 79.9. The van der Waals surface area contributed by atoms with Crippen LogP contribution in [0.1, 0.15) is 18.5 Å². The number of rotatable bonds is 4. The molecular formula is C15H16BrNO2S. The second kappa shape index (κ2) is 6.08. The fourth-order valence-electron chi connectivity index (χ4n) is 2.02. The zero-order chi connectivity index (χ0) is 14.8. The number of nitrogens with two attached hydrogens (primary N) is 1. The van der Waals surface area contributed by atoms with Crippen molar-refractivity contribution in [3.63, 3.8) is 0 Å². The average Bonchev–Trinajstić information content (AvgIpc) is 2.47. The van der Waals surface area contributed by atoms with Crippen LogP contribution in [-0.4, -0.2) is 13.7 Å². The van der Waals surface area contributed by atoms with Crippen molar-refractivity contribution in [3.8, 4) is 0 Å². The molecule has 0 saturated carbocycles. The van der Waals surface area contributed by atoms with Gasteiger partial charge in [-0.15, -0.1) is 0 Å². The van der Waals surface area contributed by atoms with Crippen molar-refractivity contribution in [3.05, 3.63) is 64.6 Å². The third-order valence-electron chi connectivity index (χ3n) is 3.32. The van der Waals surface area contributed by atoms with E-state index >= 15 is 0 Å². The van der Waals surface area contributed by atoms with Gasteiger partial charge in [-0.1, -0.05) is 42.5 Å². The molecule has 0 aromatic heterocycles. The van der Waals surface area contributed by atoms with Crippen LogP contribution in [-0.2, 0) is 9.84 Å². The van der Waals surface area contributed by atoms with Gasteiger partial charge in [-0.05, 0) is 40.5 Å². The lowest BCUT2D eigenvalue weighted by molar-refractivity contribution is 0.564. The fraction of sp³-hybridized carbons (Fsp3) is 0.200. The first kappa shape index (κ1) is 15.2. The van der Waals surface area contributed by atoms with Crippen LogP contribution >= 0.6 is 15.9 Å². The van der Waals surface area contributed by atoms with E-state index in [1.165, 1.54) is 0 Å². The molecule has 0 aliphatic heterocycles. The summed E-state index contributed by atoms with van der Waals surface area (Å²) in [5.74, 6) is 0. The van der Waals surface area contributed by atoms with E-state index in [4.69, 9.17) is 5.73 Å². The summed E-state index contributed by atoms with van der Waals surface area (Å²) < 4.78 is 25.9. The zero-order valence-electron chi connectivity index (χ0n) is 11.0. The average molecular weight is 354 g/mol. The predicted octanol–water partition coefficient (Wildman–Crippen LogP) is 3.31. The Balaban J connectivity index is 2.38. The van der Waals surface area contributed by atoms with Crippen molar-refractivity contribution in [1.82, 2.24) is 0 Å². The first-order chi connectivity index (χ1) is 9.44. The Kier molecular flexibility index (Phi) is 4.62. The maximum atomic E-state index is 12.7. The Morgan fingerprint density at radius 3 is 2.15 bits per heavy atom. The molecule has 2 atom stereocenters. The summed E-state index contributed by atoms with van der Waals surface area (Å²) in [6.07, 6.45) is 0. The van der Waals surface area contributed by atoms with E-state index in [0.29, 0.717) is 4.47 Å². The highest BCUT2D eigenvalue weighted by Crippen LogP contribution is 2.29. The van der Waals surface area contributed by atoms with Crippen LogP contribution in [0.25, 0.3) is 0 Å². The molecule has 0 fully saturated rings. The molecule has 5 heteroatoms. The van der Waals surface area contributed by atoms with Crippen LogP contribution < -0.4 is 5.73 Å². The second-order valence-electron chi connectivity index (χ2n) is 4.62. The summed E-state index contributed by atoms with van der Waals surface area (Å²) in [7, 11) is -3.49. The van der Waals surface area contributed by atoms with Crippen LogP contribution in [0.5, 0.6) is 0 Å². The van der Waals surface area contributed by atoms with Crippen molar-refractivity contribution < 1.29 is 8.42 Å². The van der Waals surface area contributed by atoms with Crippen LogP contribution in [0.2, 0.25) is 0 Å². The standard InChI is InChI=1S/C15H16BrNO2S/c1-11(15(17)12-7-3-2-4-8-12)20(18,19)14-10-6-5-9-13(14)16/h2-11,15H,17H2,1H3. The molecule has 2 aromatic carbocycles. The minimum absolute atomic E-state index is 0.277. The monoisotopic (exact) mass is 353 g/mol. The third-order valence-corrected chi connectivity index (χ3v) is 6.52. The second-order valence-corrected chi connectivity index (χ2v) is 7.74. The molecular weight excluding hydrogens is 338 g/mol. The van der Waals surface area contributed by atoms with Gasteiger partial charge < -0.3 is 5.73 Å². The molecule has 0 saturated heterocycles. The molecule has 0 radical (unpaired) electrons. The van der Waals surface area contributed by atoms with Gasteiger partial charge in [0.05, 0.1) is 10.1 Å². The topological polar surface area (TPSA) is 60.2 Å². The molecule has 20 heavy (non-hydrogen) atoms. The van der Waals surface area contributed by atoms with Crippen molar-refractivity contribution in [1.29, 1.82) is 0 Å². The van der Waals surface area contributed by atoms with E-state index in [2.05, 4.69) is 15.9 Å². The summed E-state index contributed by atoms with van der Waals surface area (Å²) in [6, 6.07) is 15.5. The van der Waals surface area contributed by atoms with Gasteiger partial charge in [0, 0.05) is 10.5 Å². The SMILES string of the molecule is CC(C(N)c1ccccc1)S(=O)(=O)c1ccccc1Br. The molecule has 2 rings (SSSR count). The van der Waals surface area contributed by atoms with Gasteiger partial charge in [0.25, 0.3) is 0 Å². The minimum atomic E-state index is -3.49. The summed E-state index contributed by atoms with van der Waals surface area (Å²) in [5.41, 5.74) is 6.93. The van der Waals surface area contributed by atoms with E-state index in [9.17, 15) is 8.42 Å². The lowest BCUT2D eigenvalue weighted by Gasteiger charge is -2.21. The Morgan fingerprint density at radius 2 is 1.55 bits per heavy atom. The molecule has 106 valence electrons. The smallest absolute Gasteiger partial charge is 0.183 e. The largest absolute Gasteiger partial charge is 0.323 e. The highest BCUT2D eigenvalue weighted by molar-refractivity contribution is 9.10. The maximum Gasteiger partial charge on any atom is 0.183 e. The molecule has 0 aliphatic carbocycles. The normalized spacial score (nSPS) is 14.8. The highest BCUT2D eigenvalue weighted by Gasteiger charge is 2.30. The molecule has 0 bridgehead atoms. The quantitative estimate of drug-likeness (QED) is 0.916. The Morgan fingerprint density at radius 1 is 1.00 bits per heavy atom. The van der Waals surface area contributed by atoms with Gasteiger partial charge in [0.2, 0.25) is 0 Å². The summed E-state index contributed by atoms with van der Waals surface area (Å²) >= 11 is 3.29. The van der Waals surface area contributed by atoms with Gasteiger partial charge in [-0.25, -0.2) is 8.42 Å². The van der Waals surface area contributed by atoms with Crippen LogP contribution in [0, 0.1) is 0 Å². The van der Waals surface area contributed by atoms with Gasteiger partial charge in [-0.3, -0.25) is 0 Å². The lowest BCUT2D eigenvalue weighted by Crippen LogP contribution is -2.31. The van der Waals surface area contributed by atoms with E-state index in [-0.39, 0.29) is 4.90 Å². The zero-order valence-corrected chi connectivity index (χ0v) is 13.4.